The molecule has 1 heterocycles. The van der Waals surface area contributed by atoms with Crippen LogP contribution in [0.4, 0.5) is 35.2 Å². The van der Waals surface area contributed by atoms with Gasteiger partial charge in [0.05, 0.1) is 19.0 Å². The minimum Gasteiger partial charge on any atom is -0.467 e. The SMILES string of the molecule is COc1ncc(NC(=O)Nc2ccccc2OC(F)(F)F)c(N(C)C)n1. The van der Waals surface area contributed by atoms with Gasteiger partial charge in [-0.05, 0) is 12.1 Å². The summed E-state index contributed by atoms with van der Waals surface area (Å²) in [5, 5.41) is 4.77. The number of aromatic nitrogens is 2. The fraction of sp³-hybridized carbons (Fsp3) is 0.267. The highest BCUT2D eigenvalue weighted by molar-refractivity contribution is 6.02. The molecule has 2 amide bonds. The van der Waals surface area contributed by atoms with Crippen LogP contribution in [0, 0.1) is 0 Å². The zero-order valence-electron chi connectivity index (χ0n) is 14.1. The van der Waals surface area contributed by atoms with E-state index in [2.05, 4.69) is 25.3 Å². The Labute approximate surface area is 146 Å². The van der Waals surface area contributed by atoms with E-state index in [1.807, 2.05) is 0 Å². The second-order valence-corrected chi connectivity index (χ2v) is 5.11. The Bertz CT molecular complexity index is 783. The molecule has 0 atom stereocenters. The summed E-state index contributed by atoms with van der Waals surface area (Å²) in [5.41, 5.74) is 0.0886. The first-order valence-electron chi connectivity index (χ1n) is 7.20. The Morgan fingerprint density at radius 1 is 1.15 bits per heavy atom. The third-order valence-corrected chi connectivity index (χ3v) is 2.96. The number of methoxy groups -OCH3 is 1. The smallest absolute Gasteiger partial charge is 0.467 e. The number of carbonyl (C=O) groups excluding carboxylic acids is 1. The highest BCUT2D eigenvalue weighted by Crippen LogP contribution is 2.30. The minimum atomic E-state index is -4.88. The summed E-state index contributed by atoms with van der Waals surface area (Å²) in [4.78, 5) is 21.8. The summed E-state index contributed by atoms with van der Waals surface area (Å²) >= 11 is 0. The lowest BCUT2D eigenvalue weighted by Gasteiger charge is -2.18. The molecule has 2 N–H and O–H groups in total. The molecule has 0 aliphatic rings. The first-order valence-corrected chi connectivity index (χ1v) is 7.20. The standard InChI is InChI=1S/C15H16F3N5O3/c1-23(2)12-10(8-19-14(22-12)25-3)21-13(24)20-9-6-4-5-7-11(9)26-15(16,17)18/h4-8H,1-3H3,(H2,20,21,24). The molecule has 11 heteroatoms. The second-order valence-electron chi connectivity index (χ2n) is 5.11. The highest BCUT2D eigenvalue weighted by Gasteiger charge is 2.32. The van der Waals surface area contributed by atoms with E-state index in [1.54, 1.807) is 19.0 Å². The fourth-order valence-corrected chi connectivity index (χ4v) is 1.94. The van der Waals surface area contributed by atoms with Crippen molar-refractivity contribution in [3.63, 3.8) is 0 Å². The number of carbonyl (C=O) groups is 1. The van der Waals surface area contributed by atoms with Crippen molar-refractivity contribution >= 4 is 23.2 Å². The van der Waals surface area contributed by atoms with Gasteiger partial charge in [-0.25, -0.2) is 9.78 Å². The van der Waals surface area contributed by atoms with Crippen LogP contribution in [0.1, 0.15) is 0 Å². The molecule has 0 fully saturated rings. The van der Waals surface area contributed by atoms with Crippen LogP contribution in [0.15, 0.2) is 30.5 Å². The molecule has 26 heavy (non-hydrogen) atoms. The van der Waals surface area contributed by atoms with E-state index in [-0.39, 0.29) is 17.4 Å². The van der Waals surface area contributed by atoms with Crippen molar-refractivity contribution in [2.24, 2.45) is 0 Å². The fourth-order valence-electron chi connectivity index (χ4n) is 1.94. The number of para-hydroxylation sites is 2. The van der Waals surface area contributed by atoms with Crippen LogP contribution < -0.4 is 25.0 Å². The summed E-state index contributed by atoms with van der Waals surface area (Å²) in [6.45, 7) is 0. The number of rotatable bonds is 5. The topological polar surface area (TPSA) is 88.6 Å². The summed E-state index contributed by atoms with van der Waals surface area (Å²) < 4.78 is 46.1. The molecule has 0 aliphatic heterocycles. The first kappa shape index (κ1) is 19.1. The van der Waals surface area contributed by atoms with Crippen LogP contribution in [0.25, 0.3) is 0 Å². The third-order valence-electron chi connectivity index (χ3n) is 2.96. The van der Waals surface area contributed by atoms with Gasteiger partial charge in [0.15, 0.2) is 11.6 Å². The lowest BCUT2D eigenvalue weighted by molar-refractivity contribution is -0.274. The normalized spacial score (nSPS) is 10.8. The number of nitrogens with one attached hydrogen (secondary N) is 2. The Balaban J connectivity index is 2.18. The molecule has 2 aromatic rings. The molecule has 8 nitrogen and oxygen atoms in total. The number of nitrogens with zero attached hydrogens (tertiary/aromatic N) is 3. The highest BCUT2D eigenvalue weighted by atomic mass is 19.4. The molecule has 0 aliphatic carbocycles. The number of halogens is 3. The average molecular weight is 371 g/mol. The second kappa shape index (κ2) is 7.76. The van der Waals surface area contributed by atoms with Crippen LogP contribution in [-0.4, -0.2) is 43.6 Å². The number of amides is 2. The zero-order valence-corrected chi connectivity index (χ0v) is 14.1. The third kappa shape index (κ3) is 5.13. The van der Waals surface area contributed by atoms with Gasteiger partial charge in [-0.3, -0.25) is 0 Å². The van der Waals surface area contributed by atoms with E-state index < -0.39 is 18.1 Å². The number of anilines is 3. The van der Waals surface area contributed by atoms with Crippen LogP contribution in [-0.2, 0) is 0 Å². The lowest BCUT2D eigenvalue weighted by Crippen LogP contribution is -2.24. The molecule has 0 radical (unpaired) electrons. The van der Waals surface area contributed by atoms with E-state index in [0.717, 1.165) is 6.07 Å². The Morgan fingerprint density at radius 3 is 2.42 bits per heavy atom. The molecular weight excluding hydrogens is 355 g/mol. The molecule has 0 saturated carbocycles. The molecule has 0 bridgehead atoms. The van der Waals surface area contributed by atoms with Crippen LogP contribution in [0.3, 0.4) is 0 Å². The quantitative estimate of drug-likeness (QED) is 0.840. The van der Waals surface area contributed by atoms with E-state index in [1.165, 1.54) is 31.5 Å². The predicted molar refractivity (Wildman–Crippen MR) is 88.7 cm³/mol. The van der Waals surface area contributed by atoms with Gasteiger partial charge in [0.2, 0.25) is 0 Å². The van der Waals surface area contributed by atoms with Crippen molar-refractivity contribution in [1.82, 2.24) is 9.97 Å². The van der Waals surface area contributed by atoms with E-state index in [0.29, 0.717) is 5.82 Å². The monoisotopic (exact) mass is 371 g/mol. The molecule has 140 valence electrons. The maximum absolute atomic E-state index is 12.4. The number of hydrogen-bond donors (Lipinski definition) is 2. The van der Waals surface area contributed by atoms with Crippen molar-refractivity contribution in [1.29, 1.82) is 0 Å². The molecule has 0 saturated heterocycles. The molecule has 0 spiro atoms. The van der Waals surface area contributed by atoms with Crippen LogP contribution in [0.2, 0.25) is 0 Å². The number of benzene rings is 1. The summed E-state index contributed by atoms with van der Waals surface area (Å²) in [5.74, 6) is -0.180. The summed E-state index contributed by atoms with van der Waals surface area (Å²) in [6.07, 6.45) is -3.56. The first-order chi connectivity index (χ1) is 12.2. The number of urea groups is 1. The molecular formula is C15H16F3N5O3. The van der Waals surface area contributed by atoms with Gasteiger partial charge in [-0.1, -0.05) is 12.1 Å². The molecule has 0 unspecified atom stereocenters. The van der Waals surface area contributed by atoms with Crippen molar-refractivity contribution in [3.05, 3.63) is 30.5 Å². The minimum absolute atomic E-state index is 0.101. The van der Waals surface area contributed by atoms with Gasteiger partial charge >= 0.3 is 18.4 Å². The van der Waals surface area contributed by atoms with Crippen LogP contribution in [0.5, 0.6) is 11.8 Å². The number of hydrogen-bond acceptors (Lipinski definition) is 6. The maximum Gasteiger partial charge on any atom is 0.573 e. The molecule has 1 aromatic carbocycles. The van der Waals surface area contributed by atoms with Gasteiger partial charge in [0, 0.05) is 14.1 Å². The lowest BCUT2D eigenvalue weighted by atomic mass is 10.3. The summed E-state index contributed by atoms with van der Waals surface area (Å²) in [6, 6.07) is 4.48. The van der Waals surface area contributed by atoms with Gasteiger partial charge in [0.1, 0.15) is 5.69 Å². The zero-order chi connectivity index (χ0) is 19.3. The average Bonchev–Trinajstić information content (AvgIpc) is 2.55. The van der Waals surface area contributed by atoms with E-state index in [4.69, 9.17) is 4.74 Å². The maximum atomic E-state index is 12.4. The number of alkyl halides is 3. The van der Waals surface area contributed by atoms with Gasteiger partial charge in [-0.15, -0.1) is 13.2 Å². The Kier molecular flexibility index (Phi) is 5.70. The predicted octanol–water partition coefficient (Wildman–Crippen LogP) is 3.09. The van der Waals surface area contributed by atoms with Crippen LogP contribution >= 0.6 is 0 Å². The number of ether oxygens (including phenoxy) is 2. The van der Waals surface area contributed by atoms with Crippen molar-refractivity contribution in [2.45, 2.75) is 6.36 Å². The molecule has 1 aromatic heterocycles. The van der Waals surface area contributed by atoms with Crippen molar-refractivity contribution in [3.8, 4) is 11.8 Å². The Morgan fingerprint density at radius 2 is 1.81 bits per heavy atom. The van der Waals surface area contributed by atoms with E-state index >= 15 is 0 Å². The summed E-state index contributed by atoms with van der Waals surface area (Å²) in [7, 11) is 4.78. The van der Waals surface area contributed by atoms with Gasteiger partial charge in [0.25, 0.3) is 0 Å². The van der Waals surface area contributed by atoms with Crippen molar-refractivity contribution < 1.29 is 27.4 Å². The van der Waals surface area contributed by atoms with Gasteiger partial charge < -0.3 is 25.0 Å². The van der Waals surface area contributed by atoms with Crippen molar-refractivity contribution in [2.75, 3.05) is 36.7 Å². The van der Waals surface area contributed by atoms with E-state index in [9.17, 15) is 18.0 Å². The molecule has 2 rings (SSSR count). The Hall–Kier alpha value is -3.24. The largest absolute Gasteiger partial charge is 0.573 e. The van der Waals surface area contributed by atoms with Gasteiger partial charge in [-0.2, -0.15) is 4.98 Å².